The Kier molecular flexibility index (Phi) is 4.71. The Balaban J connectivity index is 2.44. The summed E-state index contributed by atoms with van der Waals surface area (Å²) in [5.74, 6) is 0.302. The van der Waals surface area contributed by atoms with Gasteiger partial charge >= 0.3 is 5.69 Å². The molecule has 1 aromatic rings. The van der Waals surface area contributed by atoms with Crippen molar-refractivity contribution in [3.8, 4) is 0 Å². The number of nitrogens with zero attached hydrogens (tertiary/aromatic N) is 3. The average molecular weight is 228 g/mol. The predicted molar refractivity (Wildman–Crippen MR) is 59.3 cm³/mol. The first-order chi connectivity index (χ1) is 7.65. The Bertz CT molecular complexity index is 351. The van der Waals surface area contributed by atoms with Gasteiger partial charge in [-0.1, -0.05) is 0 Å². The smallest absolute Gasteiger partial charge is 0.330 e. The highest BCUT2D eigenvalue weighted by atomic mass is 16.6. The molecule has 0 unspecified atom stereocenters. The van der Waals surface area contributed by atoms with Crippen molar-refractivity contribution in [2.24, 2.45) is 7.05 Å². The van der Waals surface area contributed by atoms with E-state index in [1.165, 1.54) is 10.9 Å². The normalized spacial score (nSPS) is 10.4. The van der Waals surface area contributed by atoms with Gasteiger partial charge < -0.3 is 10.4 Å². The lowest BCUT2D eigenvalue weighted by molar-refractivity contribution is -0.384. The summed E-state index contributed by atoms with van der Waals surface area (Å²) in [4.78, 5) is 10.2. The van der Waals surface area contributed by atoms with Gasteiger partial charge in [0.2, 0.25) is 5.82 Å². The van der Waals surface area contributed by atoms with Crippen LogP contribution >= 0.6 is 0 Å². The first-order valence-electron chi connectivity index (χ1n) is 5.18. The molecule has 0 radical (unpaired) electrons. The van der Waals surface area contributed by atoms with Gasteiger partial charge in [0.05, 0.1) is 4.92 Å². The number of hydrogen-bond donors (Lipinski definition) is 2. The first-order valence-corrected chi connectivity index (χ1v) is 5.18. The molecule has 1 heterocycles. The third-order valence-corrected chi connectivity index (χ3v) is 2.13. The summed E-state index contributed by atoms with van der Waals surface area (Å²) >= 11 is 0. The maximum Gasteiger partial charge on any atom is 0.330 e. The van der Waals surface area contributed by atoms with E-state index >= 15 is 0 Å². The zero-order valence-electron chi connectivity index (χ0n) is 9.22. The lowest BCUT2D eigenvalue weighted by Gasteiger charge is -2.01. The number of anilines is 1. The lowest BCUT2D eigenvalue weighted by Crippen LogP contribution is -2.04. The number of hydrogen-bond acceptors (Lipinski definition) is 5. The second-order valence-electron chi connectivity index (χ2n) is 3.50. The Hall–Kier alpha value is -1.63. The third-order valence-electron chi connectivity index (χ3n) is 2.13. The summed E-state index contributed by atoms with van der Waals surface area (Å²) < 4.78 is 1.41. The van der Waals surface area contributed by atoms with Crippen molar-refractivity contribution >= 4 is 11.5 Å². The Morgan fingerprint density at radius 1 is 1.56 bits per heavy atom. The third kappa shape index (κ3) is 3.50. The molecule has 90 valence electrons. The Morgan fingerprint density at radius 3 is 2.94 bits per heavy atom. The average Bonchev–Trinajstić information content (AvgIpc) is 2.59. The van der Waals surface area contributed by atoms with Crippen LogP contribution in [0, 0.1) is 10.1 Å². The second-order valence-corrected chi connectivity index (χ2v) is 3.50. The molecule has 0 aromatic carbocycles. The minimum absolute atomic E-state index is 0.00958. The highest BCUT2D eigenvalue weighted by Gasteiger charge is 2.17. The maximum atomic E-state index is 10.6. The number of aromatic nitrogens is 2. The number of rotatable bonds is 7. The zero-order valence-corrected chi connectivity index (χ0v) is 9.22. The quantitative estimate of drug-likeness (QED) is 0.411. The van der Waals surface area contributed by atoms with Crippen LogP contribution in [0.5, 0.6) is 0 Å². The van der Waals surface area contributed by atoms with E-state index in [1.54, 1.807) is 7.05 Å². The van der Waals surface area contributed by atoms with Gasteiger partial charge in [-0.25, -0.2) is 0 Å². The first kappa shape index (κ1) is 12.4. The van der Waals surface area contributed by atoms with Crippen molar-refractivity contribution in [3.05, 3.63) is 16.3 Å². The van der Waals surface area contributed by atoms with Crippen molar-refractivity contribution in [1.29, 1.82) is 0 Å². The summed E-state index contributed by atoms with van der Waals surface area (Å²) in [6, 6.07) is 0. The largest absolute Gasteiger partial charge is 0.396 e. The van der Waals surface area contributed by atoms with Crippen molar-refractivity contribution in [2.75, 3.05) is 18.5 Å². The van der Waals surface area contributed by atoms with E-state index in [-0.39, 0.29) is 12.3 Å². The van der Waals surface area contributed by atoms with Gasteiger partial charge in [0, 0.05) is 20.2 Å². The topological polar surface area (TPSA) is 93.2 Å². The number of nitrogens with one attached hydrogen (secondary N) is 1. The van der Waals surface area contributed by atoms with E-state index in [1.807, 2.05) is 0 Å². The van der Waals surface area contributed by atoms with Crippen LogP contribution in [0.1, 0.15) is 19.3 Å². The van der Waals surface area contributed by atoms with Crippen LogP contribution in [-0.2, 0) is 7.05 Å². The molecule has 0 aliphatic rings. The summed E-state index contributed by atoms with van der Waals surface area (Å²) in [6.45, 7) is 0.807. The van der Waals surface area contributed by atoms with Crippen LogP contribution in [0.4, 0.5) is 11.5 Å². The van der Waals surface area contributed by atoms with Crippen LogP contribution < -0.4 is 5.32 Å². The molecule has 0 amide bonds. The molecule has 16 heavy (non-hydrogen) atoms. The van der Waals surface area contributed by atoms with Crippen molar-refractivity contribution < 1.29 is 10.0 Å². The molecular formula is C9H16N4O3. The number of aliphatic hydroxyl groups excluding tert-OH is 1. The van der Waals surface area contributed by atoms with Crippen LogP contribution in [-0.4, -0.2) is 33.0 Å². The van der Waals surface area contributed by atoms with Gasteiger partial charge in [0.1, 0.15) is 6.20 Å². The number of unbranched alkanes of at least 4 members (excludes halogenated alkanes) is 2. The van der Waals surface area contributed by atoms with Crippen LogP contribution in [0.2, 0.25) is 0 Å². The van der Waals surface area contributed by atoms with E-state index in [4.69, 9.17) is 5.11 Å². The highest BCUT2D eigenvalue weighted by molar-refractivity contribution is 5.54. The van der Waals surface area contributed by atoms with Crippen LogP contribution in [0.25, 0.3) is 0 Å². The molecule has 0 bridgehead atoms. The Morgan fingerprint density at radius 2 is 2.31 bits per heavy atom. The SMILES string of the molecule is Cn1cc([N+](=O)[O-])c(NCCCCCO)n1. The van der Waals surface area contributed by atoms with Gasteiger partial charge in [-0.05, 0) is 19.3 Å². The summed E-state index contributed by atoms with van der Waals surface area (Å²) in [6.07, 6.45) is 3.88. The van der Waals surface area contributed by atoms with Crippen molar-refractivity contribution in [3.63, 3.8) is 0 Å². The van der Waals surface area contributed by atoms with Crippen molar-refractivity contribution in [2.45, 2.75) is 19.3 Å². The highest BCUT2D eigenvalue weighted by Crippen LogP contribution is 2.21. The predicted octanol–water partition coefficient (Wildman–Crippen LogP) is 0.903. The second kappa shape index (κ2) is 6.06. The molecule has 1 rings (SSSR count). The van der Waals surface area contributed by atoms with Crippen molar-refractivity contribution in [1.82, 2.24) is 9.78 Å². The van der Waals surface area contributed by atoms with Gasteiger partial charge in [0.25, 0.3) is 0 Å². The maximum absolute atomic E-state index is 10.6. The van der Waals surface area contributed by atoms with Gasteiger partial charge in [0.15, 0.2) is 0 Å². The van der Waals surface area contributed by atoms with Crippen LogP contribution in [0.3, 0.4) is 0 Å². The summed E-state index contributed by atoms with van der Waals surface area (Å²) in [5, 5.41) is 26.1. The fraction of sp³-hybridized carbons (Fsp3) is 0.667. The van der Waals surface area contributed by atoms with E-state index in [9.17, 15) is 10.1 Å². The van der Waals surface area contributed by atoms with Crippen LogP contribution in [0.15, 0.2) is 6.20 Å². The molecule has 7 heteroatoms. The standard InChI is InChI=1S/C9H16N4O3/c1-12-7-8(13(15)16)9(11-12)10-5-3-2-4-6-14/h7,14H,2-6H2,1H3,(H,10,11). The molecule has 0 spiro atoms. The minimum atomic E-state index is -0.455. The van der Waals surface area contributed by atoms with Gasteiger partial charge in [-0.15, -0.1) is 5.10 Å². The zero-order chi connectivity index (χ0) is 12.0. The van der Waals surface area contributed by atoms with E-state index < -0.39 is 4.92 Å². The van der Waals surface area contributed by atoms with Gasteiger partial charge in [-0.3, -0.25) is 14.8 Å². The number of aryl methyl sites for hydroxylation is 1. The van der Waals surface area contributed by atoms with E-state index in [0.717, 1.165) is 19.3 Å². The molecule has 0 fully saturated rings. The molecule has 2 N–H and O–H groups in total. The van der Waals surface area contributed by atoms with E-state index in [2.05, 4.69) is 10.4 Å². The molecule has 0 saturated heterocycles. The fourth-order valence-electron chi connectivity index (χ4n) is 1.36. The molecule has 0 aliphatic heterocycles. The fourth-order valence-corrected chi connectivity index (χ4v) is 1.36. The number of nitro groups is 1. The lowest BCUT2D eigenvalue weighted by atomic mass is 10.2. The van der Waals surface area contributed by atoms with E-state index in [0.29, 0.717) is 12.4 Å². The summed E-state index contributed by atoms with van der Waals surface area (Å²) in [5.41, 5.74) is -0.00958. The monoisotopic (exact) mass is 228 g/mol. The Labute approximate surface area is 93.2 Å². The number of aliphatic hydroxyl groups is 1. The molecule has 1 aromatic heterocycles. The molecular weight excluding hydrogens is 212 g/mol. The molecule has 0 aliphatic carbocycles. The van der Waals surface area contributed by atoms with Gasteiger partial charge in [-0.2, -0.15) is 0 Å². The summed E-state index contributed by atoms with van der Waals surface area (Å²) in [7, 11) is 1.64. The molecule has 0 saturated carbocycles. The molecule has 7 nitrogen and oxygen atoms in total. The minimum Gasteiger partial charge on any atom is -0.396 e. The molecule has 0 atom stereocenters.